The zero-order valence-corrected chi connectivity index (χ0v) is 20.0. The molecule has 3 aromatic carbocycles. The lowest BCUT2D eigenvalue weighted by Crippen LogP contribution is -2.55. The van der Waals surface area contributed by atoms with Crippen molar-refractivity contribution >= 4 is 18.2 Å². The minimum Gasteiger partial charge on any atom is -0.247 e. The Morgan fingerprint density at radius 2 is 0.722 bits per heavy atom. The highest BCUT2D eigenvalue weighted by atomic mass is 16.2. The Balaban J connectivity index is 1.95. The van der Waals surface area contributed by atoms with Crippen LogP contribution in [0.5, 0.6) is 0 Å². The van der Waals surface area contributed by atoms with Crippen molar-refractivity contribution in [1.82, 2.24) is 13.7 Å². The van der Waals surface area contributed by atoms with E-state index in [1.165, 1.54) is 0 Å². The van der Waals surface area contributed by atoms with Crippen LogP contribution in [-0.2, 0) is 19.6 Å². The van der Waals surface area contributed by atoms with E-state index in [9.17, 15) is 14.4 Å². The molecule has 4 rings (SSSR count). The van der Waals surface area contributed by atoms with Crippen LogP contribution in [0.4, 0.5) is 0 Å². The van der Waals surface area contributed by atoms with E-state index in [0.717, 1.165) is 47.1 Å². The average molecular weight is 478 g/mol. The molecular formula is C30H27N3O3. The second-order valence-electron chi connectivity index (χ2n) is 8.31. The number of rotatable bonds is 9. The number of aromatic nitrogens is 3. The molecule has 6 heteroatoms. The van der Waals surface area contributed by atoms with Crippen molar-refractivity contribution in [2.45, 2.75) is 19.6 Å². The largest absolute Gasteiger partial charge is 0.336 e. The molecule has 0 aliphatic rings. The standard InChI is InChI=1S/C30H27N3O3/c1-4-22-13-7-10-16-25(22)19-31-28(34)32(20-26-17-11-8-14-23(26)5-2)30(36)33(29(31)35)21-27-18-12-9-15-24(27)6-3/h4-18H,1-3,19-21H2. The molecule has 0 N–H and O–H groups in total. The molecular weight excluding hydrogens is 450 g/mol. The lowest BCUT2D eigenvalue weighted by Gasteiger charge is -2.16. The third kappa shape index (κ3) is 4.74. The number of hydrogen-bond acceptors (Lipinski definition) is 3. The highest BCUT2D eigenvalue weighted by Gasteiger charge is 2.18. The summed E-state index contributed by atoms with van der Waals surface area (Å²) in [6.45, 7) is 11.5. The van der Waals surface area contributed by atoms with Gasteiger partial charge in [-0.05, 0) is 33.4 Å². The molecule has 6 nitrogen and oxygen atoms in total. The lowest BCUT2D eigenvalue weighted by atomic mass is 10.1. The van der Waals surface area contributed by atoms with Crippen LogP contribution in [0.25, 0.3) is 18.2 Å². The maximum absolute atomic E-state index is 13.6. The van der Waals surface area contributed by atoms with Gasteiger partial charge in [-0.15, -0.1) is 0 Å². The van der Waals surface area contributed by atoms with Gasteiger partial charge in [-0.25, -0.2) is 28.1 Å². The maximum Gasteiger partial charge on any atom is 0.336 e. The number of benzene rings is 3. The highest BCUT2D eigenvalue weighted by molar-refractivity contribution is 5.53. The summed E-state index contributed by atoms with van der Waals surface area (Å²) in [5.74, 6) is 0. The summed E-state index contributed by atoms with van der Waals surface area (Å²) in [7, 11) is 0. The second kappa shape index (κ2) is 10.7. The van der Waals surface area contributed by atoms with Gasteiger partial charge in [0.1, 0.15) is 0 Å². The summed E-state index contributed by atoms with van der Waals surface area (Å²) in [5.41, 5.74) is 2.67. The average Bonchev–Trinajstić information content (AvgIpc) is 2.92. The van der Waals surface area contributed by atoms with E-state index in [4.69, 9.17) is 0 Å². The quantitative estimate of drug-likeness (QED) is 0.362. The van der Waals surface area contributed by atoms with Gasteiger partial charge in [-0.3, -0.25) is 0 Å². The molecule has 0 amide bonds. The zero-order chi connectivity index (χ0) is 25.7. The fourth-order valence-electron chi connectivity index (χ4n) is 4.23. The summed E-state index contributed by atoms with van der Waals surface area (Å²) in [6, 6.07) is 22.2. The predicted molar refractivity (Wildman–Crippen MR) is 146 cm³/mol. The van der Waals surface area contributed by atoms with Gasteiger partial charge in [0.15, 0.2) is 0 Å². The van der Waals surface area contributed by atoms with E-state index in [2.05, 4.69) is 19.7 Å². The Labute approximate surface area is 209 Å². The fourth-order valence-corrected chi connectivity index (χ4v) is 4.23. The molecule has 4 aromatic rings. The van der Waals surface area contributed by atoms with Crippen molar-refractivity contribution in [1.29, 1.82) is 0 Å². The van der Waals surface area contributed by atoms with Gasteiger partial charge in [-0.2, -0.15) is 0 Å². The summed E-state index contributed by atoms with van der Waals surface area (Å²) in [6.07, 6.45) is 5.03. The normalized spacial score (nSPS) is 10.7. The zero-order valence-electron chi connectivity index (χ0n) is 20.0. The van der Waals surface area contributed by atoms with Crippen molar-refractivity contribution in [3.05, 3.63) is 157 Å². The molecule has 0 radical (unpaired) electrons. The van der Waals surface area contributed by atoms with Gasteiger partial charge < -0.3 is 0 Å². The Kier molecular flexibility index (Phi) is 7.25. The third-order valence-corrected chi connectivity index (χ3v) is 6.20. The molecule has 1 heterocycles. The molecule has 0 fully saturated rings. The first-order valence-electron chi connectivity index (χ1n) is 11.5. The first-order valence-corrected chi connectivity index (χ1v) is 11.5. The lowest BCUT2D eigenvalue weighted by molar-refractivity contribution is 0.491. The first-order chi connectivity index (χ1) is 17.5. The molecule has 0 unspecified atom stereocenters. The van der Waals surface area contributed by atoms with Crippen molar-refractivity contribution in [2.24, 2.45) is 0 Å². The fraction of sp³-hybridized carbons (Fsp3) is 0.100. The van der Waals surface area contributed by atoms with Crippen molar-refractivity contribution < 1.29 is 0 Å². The van der Waals surface area contributed by atoms with E-state index >= 15 is 0 Å². The van der Waals surface area contributed by atoms with Crippen LogP contribution in [0.3, 0.4) is 0 Å². The van der Waals surface area contributed by atoms with Gasteiger partial charge in [0.05, 0.1) is 19.6 Å². The molecule has 0 aliphatic carbocycles. The summed E-state index contributed by atoms with van der Waals surface area (Å²) >= 11 is 0. The van der Waals surface area contributed by atoms with E-state index in [0.29, 0.717) is 0 Å². The predicted octanol–water partition coefficient (Wildman–Crippen LogP) is 4.25. The molecule has 1 aromatic heterocycles. The molecule has 0 spiro atoms. The highest BCUT2D eigenvalue weighted by Crippen LogP contribution is 2.13. The molecule has 0 bridgehead atoms. The second-order valence-corrected chi connectivity index (χ2v) is 8.31. The maximum atomic E-state index is 13.6. The van der Waals surface area contributed by atoms with Crippen molar-refractivity contribution in [3.63, 3.8) is 0 Å². The van der Waals surface area contributed by atoms with Gasteiger partial charge in [0, 0.05) is 0 Å². The molecule has 0 saturated carbocycles. The van der Waals surface area contributed by atoms with Gasteiger partial charge in [-0.1, -0.05) is 111 Å². The summed E-state index contributed by atoms with van der Waals surface area (Å²) < 4.78 is 3.32. The topological polar surface area (TPSA) is 66.0 Å². The van der Waals surface area contributed by atoms with Gasteiger partial charge in [0.2, 0.25) is 0 Å². The van der Waals surface area contributed by atoms with Crippen LogP contribution in [0, 0.1) is 0 Å². The summed E-state index contributed by atoms with van der Waals surface area (Å²) in [5, 5.41) is 0. The minimum absolute atomic E-state index is 0.00630. The van der Waals surface area contributed by atoms with E-state index < -0.39 is 17.1 Å². The SMILES string of the molecule is C=Cc1ccccc1Cn1c(=O)n(Cc2ccccc2C=C)c(=O)n(Cc2ccccc2C=C)c1=O. The van der Waals surface area contributed by atoms with Gasteiger partial charge >= 0.3 is 17.1 Å². The monoisotopic (exact) mass is 477 g/mol. The van der Waals surface area contributed by atoms with E-state index in [1.807, 2.05) is 72.8 Å². The Morgan fingerprint density at radius 1 is 0.472 bits per heavy atom. The molecule has 0 atom stereocenters. The smallest absolute Gasteiger partial charge is 0.247 e. The van der Waals surface area contributed by atoms with E-state index in [1.54, 1.807) is 18.2 Å². The molecule has 0 aliphatic heterocycles. The van der Waals surface area contributed by atoms with Gasteiger partial charge in [0.25, 0.3) is 0 Å². The van der Waals surface area contributed by atoms with Crippen molar-refractivity contribution in [3.8, 4) is 0 Å². The third-order valence-electron chi connectivity index (χ3n) is 6.20. The molecule has 36 heavy (non-hydrogen) atoms. The minimum atomic E-state index is -0.670. The summed E-state index contributed by atoms with van der Waals surface area (Å²) in [4.78, 5) is 40.8. The Bertz CT molecular complexity index is 1410. The molecule has 0 saturated heterocycles. The van der Waals surface area contributed by atoms with Crippen LogP contribution in [0.15, 0.2) is 107 Å². The number of hydrogen-bond donors (Lipinski definition) is 0. The number of nitrogens with zero attached hydrogens (tertiary/aromatic N) is 3. The van der Waals surface area contributed by atoms with Crippen LogP contribution >= 0.6 is 0 Å². The van der Waals surface area contributed by atoms with E-state index in [-0.39, 0.29) is 19.6 Å². The Hall–Kier alpha value is -4.71. The Morgan fingerprint density at radius 3 is 0.972 bits per heavy atom. The van der Waals surface area contributed by atoms with Crippen LogP contribution < -0.4 is 17.1 Å². The molecule has 180 valence electrons. The van der Waals surface area contributed by atoms with Crippen molar-refractivity contribution in [2.75, 3.05) is 0 Å². The first kappa shape index (κ1) is 24.4. The van der Waals surface area contributed by atoms with Crippen LogP contribution in [-0.4, -0.2) is 13.7 Å². The van der Waals surface area contributed by atoms with Crippen LogP contribution in [0.2, 0.25) is 0 Å². The van der Waals surface area contributed by atoms with Crippen LogP contribution in [0.1, 0.15) is 33.4 Å².